The molecule has 2 N–H and O–H groups in total. The number of halogens is 1. The van der Waals surface area contributed by atoms with Crippen LogP contribution >= 0.6 is 24.0 Å². The molecule has 0 heterocycles. The number of nitrogens with zero attached hydrogens (tertiary/aromatic N) is 2. The molecule has 6 nitrogen and oxygen atoms in total. The van der Waals surface area contributed by atoms with E-state index in [-0.39, 0.29) is 24.0 Å². The molecular weight excluding hydrogens is 439 g/mol. The standard InChI is InChI=1S/C16H26N4O2S.HI/c1-4-17-16(18-11-13-5-6-13)19-12-14-7-9-15(10-8-14)23(21,22)20(2)3;/h7-10,13H,4-6,11-12H2,1-3H3,(H2,17,18,19);1H. The summed E-state index contributed by atoms with van der Waals surface area (Å²) in [7, 11) is -0.313. The van der Waals surface area contributed by atoms with E-state index in [0.29, 0.717) is 11.4 Å². The molecule has 1 aromatic rings. The Labute approximate surface area is 162 Å². The summed E-state index contributed by atoms with van der Waals surface area (Å²) >= 11 is 0. The van der Waals surface area contributed by atoms with Crippen LogP contribution in [0.4, 0.5) is 0 Å². The molecule has 1 aromatic carbocycles. The maximum absolute atomic E-state index is 12.0. The highest BCUT2D eigenvalue weighted by molar-refractivity contribution is 14.0. The first kappa shape index (κ1) is 21.2. The number of aliphatic imine (C=N–C) groups is 1. The molecule has 0 radical (unpaired) electrons. The van der Waals surface area contributed by atoms with E-state index in [0.717, 1.165) is 30.5 Å². The van der Waals surface area contributed by atoms with Crippen LogP contribution in [-0.4, -0.2) is 45.9 Å². The van der Waals surface area contributed by atoms with E-state index in [1.165, 1.54) is 31.2 Å². The van der Waals surface area contributed by atoms with E-state index in [1.807, 2.05) is 19.1 Å². The van der Waals surface area contributed by atoms with E-state index in [1.54, 1.807) is 12.1 Å². The molecule has 1 saturated carbocycles. The van der Waals surface area contributed by atoms with Crippen molar-refractivity contribution in [3.05, 3.63) is 29.8 Å². The highest BCUT2D eigenvalue weighted by Crippen LogP contribution is 2.27. The van der Waals surface area contributed by atoms with Crippen LogP contribution in [0.15, 0.2) is 34.2 Å². The minimum Gasteiger partial charge on any atom is -0.357 e. The van der Waals surface area contributed by atoms with Crippen LogP contribution < -0.4 is 10.6 Å². The molecule has 0 unspecified atom stereocenters. The van der Waals surface area contributed by atoms with Crippen LogP contribution in [0.2, 0.25) is 0 Å². The quantitative estimate of drug-likeness (QED) is 0.367. The molecule has 2 rings (SSSR count). The Balaban J connectivity index is 0.00000288. The highest BCUT2D eigenvalue weighted by Gasteiger charge is 2.21. The van der Waals surface area contributed by atoms with Crippen molar-refractivity contribution in [2.45, 2.75) is 31.2 Å². The number of hydrogen-bond acceptors (Lipinski definition) is 3. The molecule has 0 aliphatic heterocycles. The van der Waals surface area contributed by atoms with Crippen molar-refractivity contribution >= 4 is 40.0 Å². The average Bonchev–Trinajstić information content (AvgIpc) is 3.34. The van der Waals surface area contributed by atoms with Crippen molar-refractivity contribution in [3.8, 4) is 0 Å². The lowest BCUT2D eigenvalue weighted by Gasteiger charge is -2.12. The lowest BCUT2D eigenvalue weighted by atomic mass is 10.2. The molecule has 0 saturated heterocycles. The zero-order valence-corrected chi connectivity index (χ0v) is 17.6. The van der Waals surface area contributed by atoms with Crippen LogP contribution in [0, 0.1) is 5.92 Å². The van der Waals surface area contributed by atoms with Crippen molar-refractivity contribution in [1.29, 1.82) is 0 Å². The summed E-state index contributed by atoms with van der Waals surface area (Å²) in [6.07, 6.45) is 2.60. The van der Waals surface area contributed by atoms with E-state index in [2.05, 4.69) is 15.6 Å². The number of rotatable bonds is 7. The highest BCUT2D eigenvalue weighted by atomic mass is 127. The maximum atomic E-state index is 12.0. The average molecular weight is 466 g/mol. The second kappa shape index (κ2) is 9.57. The van der Waals surface area contributed by atoms with Gasteiger partial charge in [-0.1, -0.05) is 12.1 Å². The summed E-state index contributed by atoms with van der Waals surface area (Å²) in [5.74, 6) is 1.60. The second-order valence-corrected chi connectivity index (χ2v) is 8.10. The van der Waals surface area contributed by atoms with Gasteiger partial charge in [0.05, 0.1) is 11.4 Å². The third-order valence-electron chi connectivity index (χ3n) is 3.72. The van der Waals surface area contributed by atoms with Crippen LogP contribution in [0.3, 0.4) is 0 Å². The molecule has 1 aliphatic carbocycles. The third kappa shape index (κ3) is 6.21. The lowest BCUT2D eigenvalue weighted by Crippen LogP contribution is -2.38. The number of hydrogen-bond donors (Lipinski definition) is 2. The van der Waals surface area contributed by atoms with Gasteiger partial charge in [0.1, 0.15) is 0 Å². The number of sulfonamides is 1. The molecule has 0 spiro atoms. The largest absolute Gasteiger partial charge is 0.357 e. The molecule has 0 amide bonds. The molecule has 1 fully saturated rings. The first-order chi connectivity index (χ1) is 10.9. The maximum Gasteiger partial charge on any atom is 0.242 e. The Hall–Kier alpha value is -0.870. The lowest BCUT2D eigenvalue weighted by molar-refractivity contribution is 0.520. The van der Waals surface area contributed by atoms with Gasteiger partial charge in [-0.3, -0.25) is 0 Å². The fourth-order valence-corrected chi connectivity index (χ4v) is 2.95. The molecule has 8 heteroatoms. The first-order valence-corrected chi connectivity index (χ1v) is 9.41. The summed E-state index contributed by atoms with van der Waals surface area (Å²) in [6, 6.07) is 6.88. The van der Waals surface area contributed by atoms with Gasteiger partial charge in [0.15, 0.2) is 5.96 Å². The van der Waals surface area contributed by atoms with Crippen LogP contribution in [0.25, 0.3) is 0 Å². The van der Waals surface area contributed by atoms with E-state index in [4.69, 9.17) is 0 Å². The Morgan fingerprint density at radius 2 is 1.83 bits per heavy atom. The minimum atomic E-state index is -3.37. The fourth-order valence-electron chi connectivity index (χ4n) is 2.05. The predicted octanol–water partition coefficient (Wildman–Crippen LogP) is 2.02. The molecule has 0 bridgehead atoms. The molecule has 136 valence electrons. The molecule has 0 aromatic heterocycles. The number of nitrogens with one attached hydrogen (secondary N) is 2. The van der Waals surface area contributed by atoms with Crippen molar-refractivity contribution in [2.24, 2.45) is 10.9 Å². The summed E-state index contributed by atoms with van der Waals surface area (Å²) in [4.78, 5) is 4.84. The monoisotopic (exact) mass is 466 g/mol. The van der Waals surface area contributed by atoms with Crippen molar-refractivity contribution in [2.75, 3.05) is 27.2 Å². The second-order valence-electron chi connectivity index (χ2n) is 5.95. The van der Waals surface area contributed by atoms with Gasteiger partial charge >= 0.3 is 0 Å². The Morgan fingerprint density at radius 3 is 2.33 bits per heavy atom. The van der Waals surface area contributed by atoms with Crippen molar-refractivity contribution < 1.29 is 8.42 Å². The Kier molecular flexibility index (Phi) is 8.44. The number of guanidine groups is 1. The van der Waals surface area contributed by atoms with Gasteiger partial charge in [-0.2, -0.15) is 0 Å². The topological polar surface area (TPSA) is 73.8 Å². The molecule has 1 aliphatic rings. The predicted molar refractivity (Wildman–Crippen MR) is 108 cm³/mol. The SMILES string of the molecule is CCNC(=NCc1ccc(S(=O)(=O)N(C)C)cc1)NCC1CC1.I. The Morgan fingerprint density at radius 1 is 1.21 bits per heavy atom. The Bertz CT molecular complexity index is 641. The first-order valence-electron chi connectivity index (χ1n) is 7.97. The van der Waals surface area contributed by atoms with Gasteiger partial charge in [0.25, 0.3) is 0 Å². The summed E-state index contributed by atoms with van der Waals surface area (Å²) in [5, 5.41) is 6.56. The van der Waals surface area contributed by atoms with Gasteiger partial charge in [0.2, 0.25) is 10.0 Å². The third-order valence-corrected chi connectivity index (χ3v) is 5.55. The molecular formula is C16H27IN4O2S. The van der Waals surface area contributed by atoms with Gasteiger partial charge in [0, 0.05) is 27.2 Å². The zero-order valence-electron chi connectivity index (χ0n) is 14.4. The summed E-state index contributed by atoms with van der Waals surface area (Å²) in [6.45, 7) is 4.33. The van der Waals surface area contributed by atoms with Crippen LogP contribution in [0.1, 0.15) is 25.3 Å². The minimum absolute atomic E-state index is 0. The normalized spacial score (nSPS) is 15.1. The van der Waals surface area contributed by atoms with E-state index in [9.17, 15) is 8.42 Å². The van der Waals surface area contributed by atoms with E-state index >= 15 is 0 Å². The zero-order chi connectivity index (χ0) is 16.9. The van der Waals surface area contributed by atoms with Gasteiger partial charge in [-0.05, 0) is 43.4 Å². The van der Waals surface area contributed by atoms with Crippen LogP contribution in [0.5, 0.6) is 0 Å². The molecule has 0 atom stereocenters. The summed E-state index contributed by atoms with van der Waals surface area (Å²) in [5.41, 5.74) is 0.978. The molecule has 24 heavy (non-hydrogen) atoms. The van der Waals surface area contributed by atoms with Crippen molar-refractivity contribution in [1.82, 2.24) is 14.9 Å². The van der Waals surface area contributed by atoms with E-state index < -0.39 is 10.0 Å². The fraction of sp³-hybridized carbons (Fsp3) is 0.562. The smallest absolute Gasteiger partial charge is 0.242 e. The number of benzene rings is 1. The van der Waals surface area contributed by atoms with Crippen LogP contribution in [-0.2, 0) is 16.6 Å². The van der Waals surface area contributed by atoms with Gasteiger partial charge in [-0.25, -0.2) is 17.7 Å². The summed E-state index contributed by atoms with van der Waals surface area (Å²) < 4.78 is 25.3. The van der Waals surface area contributed by atoms with Gasteiger partial charge in [-0.15, -0.1) is 24.0 Å². The van der Waals surface area contributed by atoms with Crippen molar-refractivity contribution in [3.63, 3.8) is 0 Å². The van der Waals surface area contributed by atoms with Gasteiger partial charge < -0.3 is 10.6 Å².